The monoisotopic (exact) mass is 289 g/mol. The summed E-state index contributed by atoms with van der Waals surface area (Å²) in [7, 11) is 0. The number of aryl methyl sites for hydroxylation is 1. The van der Waals surface area contributed by atoms with Crippen molar-refractivity contribution in [3.8, 4) is 0 Å². The van der Waals surface area contributed by atoms with Gasteiger partial charge in [0, 0.05) is 9.86 Å². The second-order valence-electron chi connectivity index (χ2n) is 2.99. The number of fused-ring (bicyclic) bond motifs is 1. The summed E-state index contributed by atoms with van der Waals surface area (Å²) in [5, 5.41) is 1.98. The summed E-state index contributed by atoms with van der Waals surface area (Å²) in [6, 6.07) is 5.74. The topological polar surface area (TPSA) is 12.9 Å². The van der Waals surface area contributed by atoms with Crippen LogP contribution in [0.1, 0.15) is 5.69 Å². The Morgan fingerprint density at radius 1 is 1.21 bits per heavy atom. The largest absolute Gasteiger partial charge is 0.251 e. The Bertz CT molecular complexity index is 511. The molecule has 0 amide bonds. The van der Waals surface area contributed by atoms with Crippen LogP contribution in [0.3, 0.4) is 0 Å². The maximum atomic E-state index is 6.10. The number of hydrogen-bond acceptors (Lipinski definition) is 1. The zero-order valence-corrected chi connectivity index (χ0v) is 10.4. The summed E-state index contributed by atoms with van der Waals surface area (Å²) in [4.78, 5) is 4.35. The molecule has 0 aliphatic heterocycles. The molecule has 0 N–H and O–H groups in total. The van der Waals surface area contributed by atoms with Crippen molar-refractivity contribution in [2.45, 2.75) is 6.92 Å². The predicted molar refractivity (Wildman–Crippen MR) is 64.2 cm³/mol. The Hall–Kier alpha value is -0.310. The molecule has 0 bridgehead atoms. The van der Waals surface area contributed by atoms with E-state index in [1.54, 1.807) is 0 Å². The molecule has 0 saturated carbocycles. The number of benzene rings is 1. The van der Waals surface area contributed by atoms with Crippen LogP contribution in [0.25, 0.3) is 10.9 Å². The number of rotatable bonds is 0. The van der Waals surface area contributed by atoms with Crippen molar-refractivity contribution in [2.75, 3.05) is 0 Å². The molecule has 4 heteroatoms. The van der Waals surface area contributed by atoms with Crippen molar-refractivity contribution in [2.24, 2.45) is 0 Å². The normalized spacial score (nSPS) is 10.9. The zero-order valence-electron chi connectivity index (χ0n) is 7.31. The Morgan fingerprint density at radius 3 is 2.64 bits per heavy atom. The summed E-state index contributed by atoms with van der Waals surface area (Å²) in [6.45, 7) is 1.84. The maximum absolute atomic E-state index is 6.10. The Kier molecular flexibility index (Phi) is 2.69. The summed E-state index contributed by atoms with van der Waals surface area (Å²) in [5.41, 5.74) is 1.61. The van der Waals surface area contributed by atoms with Gasteiger partial charge < -0.3 is 0 Å². The van der Waals surface area contributed by atoms with Crippen molar-refractivity contribution < 1.29 is 0 Å². The third-order valence-corrected chi connectivity index (χ3v) is 3.44. The molecule has 1 nitrogen and oxygen atoms in total. The van der Waals surface area contributed by atoms with Gasteiger partial charge in [-0.05, 0) is 19.1 Å². The van der Waals surface area contributed by atoms with Crippen molar-refractivity contribution >= 4 is 50.0 Å². The number of nitrogens with zero attached hydrogens (tertiary/aromatic N) is 1. The summed E-state index contributed by atoms with van der Waals surface area (Å²) < 4.78 is 0.982. The van der Waals surface area contributed by atoms with E-state index in [1.165, 1.54) is 0 Å². The first-order chi connectivity index (χ1) is 6.59. The minimum atomic E-state index is 0.529. The first-order valence-corrected chi connectivity index (χ1v) is 5.55. The van der Waals surface area contributed by atoms with Crippen LogP contribution >= 0.6 is 39.1 Å². The Labute approximate surface area is 100 Å². The van der Waals surface area contributed by atoms with Crippen LogP contribution in [0.2, 0.25) is 10.0 Å². The number of hydrogen-bond donors (Lipinski definition) is 0. The van der Waals surface area contributed by atoms with E-state index in [0.29, 0.717) is 10.0 Å². The second kappa shape index (κ2) is 3.69. The molecule has 1 aromatic heterocycles. The van der Waals surface area contributed by atoms with Crippen LogP contribution in [0.15, 0.2) is 22.7 Å². The molecule has 14 heavy (non-hydrogen) atoms. The highest BCUT2D eigenvalue weighted by atomic mass is 79.9. The molecule has 0 aliphatic rings. The molecule has 0 fully saturated rings. The molecule has 0 unspecified atom stereocenters. The van der Waals surface area contributed by atoms with E-state index in [1.807, 2.05) is 25.1 Å². The fourth-order valence-corrected chi connectivity index (χ4v) is 2.08. The number of pyridine rings is 1. The third kappa shape index (κ3) is 1.62. The van der Waals surface area contributed by atoms with Crippen molar-refractivity contribution in [1.82, 2.24) is 4.98 Å². The quantitative estimate of drug-likeness (QED) is 0.690. The summed E-state index contributed by atoms with van der Waals surface area (Å²) in [5.74, 6) is 0. The fourth-order valence-electron chi connectivity index (χ4n) is 1.29. The van der Waals surface area contributed by atoms with Gasteiger partial charge >= 0.3 is 0 Å². The first kappa shape index (κ1) is 10.2. The summed E-state index contributed by atoms with van der Waals surface area (Å²) >= 11 is 15.5. The maximum Gasteiger partial charge on any atom is 0.0811 e. The van der Waals surface area contributed by atoms with E-state index in [0.717, 1.165) is 21.1 Å². The first-order valence-electron chi connectivity index (χ1n) is 4.00. The van der Waals surface area contributed by atoms with Gasteiger partial charge in [0.05, 0.1) is 21.3 Å². The van der Waals surface area contributed by atoms with Gasteiger partial charge in [0.1, 0.15) is 0 Å². The number of halogens is 3. The van der Waals surface area contributed by atoms with Crippen LogP contribution in [-0.4, -0.2) is 4.98 Å². The molecular weight excluding hydrogens is 285 g/mol. The molecule has 0 radical (unpaired) electrons. The molecule has 0 aliphatic carbocycles. The van der Waals surface area contributed by atoms with Gasteiger partial charge in [-0.3, -0.25) is 4.98 Å². The van der Waals surface area contributed by atoms with E-state index in [-0.39, 0.29) is 0 Å². The highest BCUT2D eigenvalue weighted by Gasteiger charge is 2.08. The van der Waals surface area contributed by atoms with Gasteiger partial charge in [-0.1, -0.05) is 45.2 Å². The fraction of sp³-hybridized carbons (Fsp3) is 0.100. The third-order valence-electron chi connectivity index (χ3n) is 1.99. The Balaban J connectivity index is 2.91. The van der Waals surface area contributed by atoms with Crippen molar-refractivity contribution in [3.05, 3.63) is 38.4 Å². The molecule has 0 atom stereocenters. The second-order valence-corrected chi connectivity index (χ2v) is 4.66. The van der Waals surface area contributed by atoms with Gasteiger partial charge in [0.2, 0.25) is 0 Å². The van der Waals surface area contributed by atoms with Crippen LogP contribution < -0.4 is 0 Å². The minimum absolute atomic E-state index is 0.529. The lowest BCUT2D eigenvalue weighted by Crippen LogP contribution is -1.87. The van der Waals surface area contributed by atoms with Crippen LogP contribution in [-0.2, 0) is 0 Å². The van der Waals surface area contributed by atoms with Crippen LogP contribution in [0, 0.1) is 6.92 Å². The van der Waals surface area contributed by atoms with E-state index in [9.17, 15) is 0 Å². The van der Waals surface area contributed by atoms with Crippen molar-refractivity contribution in [3.63, 3.8) is 0 Å². The van der Waals surface area contributed by atoms with Crippen molar-refractivity contribution in [1.29, 1.82) is 0 Å². The number of aromatic nitrogens is 1. The lowest BCUT2D eigenvalue weighted by atomic mass is 10.2. The van der Waals surface area contributed by atoms with E-state index in [4.69, 9.17) is 23.2 Å². The van der Waals surface area contributed by atoms with E-state index < -0.39 is 0 Å². The molecule has 0 spiro atoms. The van der Waals surface area contributed by atoms with Gasteiger partial charge in [0.25, 0.3) is 0 Å². The average molecular weight is 291 g/mol. The van der Waals surface area contributed by atoms with Crippen LogP contribution in [0.4, 0.5) is 0 Å². The predicted octanol–water partition coefficient (Wildman–Crippen LogP) is 4.61. The highest BCUT2D eigenvalue weighted by molar-refractivity contribution is 9.10. The van der Waals surface area contributed by atoms with Gasteiger partial charge in [-0.15, -0.1) is 0 Å². The Morgan fingerprint density at radius 2 is 1.93 bits per heavy atom. The molecule has 1 aromatic carbocycles. The molecular formula is C10H6BrCl2N. The smallest absolute Gasteiger partial charge is 0.0811 e. The standard InChI is InChI=1S/C10H6BrCl2N/c1-5-9(12)10(13)7-3-2-6(11)4-8(7)14-5/h2-4H,1H3. The lowest BCUT2D eigenvalue weighted by molar-refractivity contribution is 1.25. The minimum Gasteiger partial charge on any atom is -0.251 e. The molecule has 2 rings (SSSR count). The molecule has 72 valence electrons. The van der Waals surface area contributed by atoms with Gasteiger partial charge in [0.15, 0.2) is 0 Å². The molecule has 2 aromatic rings. The lowest BCUT2D eigenvalue weighted by Gasteiger charge is -2.05. The SMILES string of the molecule is Cc1nc2cc(Br)ccc2c(Cl)c1Cl. The van der Waals surface area contributed by atoms with E-state index >= 15 is 0 Å². The zero-order chi connectivity index (χ0) is 10.3. The molecule has 0 saturated heterocycles. The summed E-state index contributed by atoms with van der Waals surface area (Å²) in [6.07, 6.45) is 0. The van der Waals surface area contributed by atoms with E-state index in [2.05, 4.69) is 20.9 Å². The molecule has 1 heterocycles. The average Bonchev–Trinajstić information content (AvgIpc) is 2.14. The van der Waals surface area contributed by atoms with Crippen LogP contribution in [0.5, 0.6) is 0 Å². The highest BCUT2D eigenvalue weighted by Crippen LogP contribution is 2.32. The van der Waals surface area contributed by atoms with Gasteiger partial charge in [-0.2, -0.15) is 0 Å². The van der Waals surface area contributed by atoms with Gasteiger partial charge in [-0.25, -0.2) is 0 Å².